The number of nitrogens with one attached hydrogen (secondary N) is 1. The Bertz CT molecular complexity index is 1120. The number of hydrogen-bond acceptors (Lipinski definition) is 11. The summed E-state index contributed by atoms with van der Waals surface area (Å²) in [4.78, 5) is 13.1. The average Bonchev–Trinajstić information content (AvgIpc) is 3.16. The quantitative estimate of drug-likeness (QED) is 0.0199. The molecule has 0 aromatic rings. The number of carbonyl (C=O) groups excluding carboxylic acids is 1. The molecule has 1 fully saturated rings. The molecule has 0 saturated carbocycles. The van der Waals surface area contributed by atoms with Crippen molar-refractivity contribution in [2.45, 2.75) is 223 Å². The molecule has 0 aromatic heterocycles. The predicted octanol–water partition coefficient (Wildman–Crippen LogP) is 6.74. The zero-order chi connectivity index (χ0) is 41.4. The smallest absolute Gasteiger partial charge is 0.394 e. The minimum absolute atomic E-state index is 0.240. The van der Waals surface area contributed by atoms with Crippen molar-refractivity contribution >= 4 is 16.3 Å². The molecule has 330 valence electrons. The number of amides is 1. The first-order valence-electron chi connectivity index (χ1n) is 21.8. The molecule has 56 heavy (non-hydrogen) atoms. The van der Waals surface area contributed by atoms with Crippen LogP contribution in [0.25, 0.3) is 0 Å². The maximum absolute atomic E-state index is 13.1. The molecule has 0 aromatic carbocycles. The molecule has 1 amide bonds. The molecule has 1 rings (SSSR count). The standard InChI is InChI=1S/C42H79NO12S/c1-3-5-7-9-11-13-15-16-17-18-19-21-23-25-27-29-31-36(46)41(49)43-34(35(45)30-28-26-24-22-20-14-12-10-8-6-4-2)33-53-42-39(48)40(55-56(50,51)52)38(47)37(32-44)54-42/h20,22,28,30,34-40,42,44-48H,3-19,21,23-27,29,31-33H2,1-2H3,(H,43,49)(H,50,51,52)/b22-20+,30-28+. The lowest BCUT2D eigenvalue weighted by atomic mass is 9.99. The van der Waals surface area contributed by atoms with E-state index in [-0.39, 0.29) is 6.42 Å². The van der Waals surface area contributed by atoms with E-state index in [9.17, 15) is 38.7 Å². The van der Waals surface area contributed by atoms with Crippen LogP contribution in [0, 0.1) is 0 Å². The van der Waals surface area contributed by atoms with Crippen molar-refractivity contribution in [2.24, 2.45) is 0 Å². The Balaban J connectivity index is 2.61. The Kier molecular flexibility index (Phi) is 31.3. The summed E-state index contributed by atoms with van der Waals surface area (Å²) in [5, 5.41) is 55.0. The monoisotopic (exact) mass is 822 g/mol. The number of allylic oxidation sites excluding steroid dienone is 3. The van der Waals surface area contributed by atoms with Gasteiger partial charge in [-0.25, -0.2) is 4.18 Å². The Hall–Kier alpha value is -1.46. The van der Waals surface area contributed by atoms with Crippen LogP contribution in [0.3, 0.4) is 0 Å². The van der Waals surface area contributed by atoms with Gasteiger partial charge in [0, 0.05) is 0 Å². The van der Waals surface area contributed by atoms with Gasteiger partial charge in [-0.15, -0.1) is 0 Å². The Morgan fingerprint density at radius 1 is 0.714 bits per heavy atom. The second-order valence-electron chi connectivity index (χ2n) is 15.4. The first-order chi connectivity index (χ1) is 26.9. The molecule has 0 bridgehead atoms. The van der Waals surface area contributed by atoms with E-state index in [0.29, 0.717) is 12.8 Å². The summed E-state index contributed by atoms with van der Waals surface area (Å²) >= 11 is 0. The van der Waals surface area contributed by atoms with Gasteiger partial charge in [0.1, 0.15) is 30.5 Å². The maximum atomic E-state index is 13.1. The van der Waals surface area contributed by atoms with E-state index in [1.54, 1.807) is 6.08 Å². The molecule has 1 aliphatic heterocycles. The van der Waals surface area contributed by atoms with E-state index < -0.39 is 78.5 Å². The van der Waals surface area contributed by atoms with E-state index in [4.69, 9.17) is 14.0 Å². The Morgan fingerprint density at radius 3 is 1.71 bits per heavy atom. The fourth-order valence-corrected chi connectivity index (χ4v) is 7.34. The topological polar surface area (TPSA) is 212 Å². The van der Waals surface area contributed by atoms with Gasteiger partial charge in [0.2, 0.25) is 5.91 Å². The van der Waals surface area contributed by atoms with E-state index in [2.05, 4.69) is 35.5 Å². The van der Waals surface area contributed by atoms with Gasteiger partial charge in [0.15, 0.2) is 6.29 Å². The van der Waals surface area contributed by atoms with Crippen LogP contribution in [-0.4, -0.2) is 107 Å². The normalized spacial score (nSPS) is 22.2. The van der Waals surface area contributed by atoms with Crippen LogP contribution in [0.5, 0.6) is 0 Å². The van der Waals surface area contributed by atoms with Crippen LogP contribution in [0.1, 0.15) is 174 Å². The summed E-state index contributed by atoms with van der Waals surface area (Å²) < 4.78 is 47.3. The maximum Gasteiger partial charge on any atom is 0.397 e. The number of hydrogen-bond donors (Lipinski definition) is 7. The molecular weight excluding hydrogens is 743 g/mol. The molecular formula is C42H79NO12S. The van der Waals surface area contributed by atoms with Crippen molar-refractivity contribution in [2.75, 3.05) is 13.2 Å². The van der Waals surface area contributed by atoms with Crippen molar-refractivity contribution in [3.8, 4) is 0 Å². The fourth-order valence-electron chi connectivity index (χ4n) is 6.83. The van der Waals surface area contributed by atoms with Crippen molar-refractivity contribution in [1.29, 1.82) is 0 Å². The SMILES string of the molecule is CCCCCCC/C=C/CC/C=C/C(O)C(COC1OC(CO)C(O)C(OS(=O)(=O)O)C1O)NC(=O)C(O)CCCCCCCCCCCCCCCCCC. The molecule has 1 aliphatic rings. The summed E-state index contributed by atoms with van der Waals surface area (Å²) in [6.07, 6.45) is 24.2. The minimum atomic E-state index is -5.12. The van der Waals surface area contributed by atoms with Gasteiger partial charge in [0.25, 0.3) is 0 Å². The summed E-state index contributed by atoms with van der Waals surface area (Å²) in [6, 6.07) is -1.13. The zero-order valence-corrected chi connectivity index (χ0v) is 35.4. The predicted molar refractivity (Wildman–Crippen MR) is 219 cm³/mol. The van der Waals surface area contributed by atoms with Gasteiger partial charge >= 0.3 is 10.4 Å². The van der Waals surface area contributed by atoms with Crippen LogP contribution in [0.4, 0.5) is 0 Å². The molecule has 14 heteroatoms. The van der Waals surface area contributed by atoms with Crippen LogP contribution in [0.15, 0.2) is 24.3 Å². The molecule has 8 atom stereocenters. The summed E-state index contributed by atoms with van der Waals surface area (Å²) in [5.74, 6) is -0.713. The van der Waals surface area contributed by atoms with E-state index in [0.717, 1.165) is 38.5 Å². The third-order valence-corrected chi connectivity index (χ3v) is 10.8. The largest absolute Gasteiger partial charge is 0.397 e. The lowest BCUT2D eigenvalue weighted by molar-refractivity contribution is -0.298. The summed E-state index contributed by atoms with van der Waals surface area (Å²) in [5.41, 5.74) is 0. The highest BCUT2D eigenvalue weighted by Crippen LogP contribution is 2.26. The van der Waals surface area contributed by atoms with Crippen molar-refractivity contribution in [1.82, 2.24) is 5.32 Å². The van der Waals surface area contributed by atoms with Gasteiger partial charge in [-0.1, -0.05) is 167 Å². The fraction of sp³-hybridized carbons (Fsp3) is 0.881. The molecule has 13 nitrogen and oxygen atoms in total. The molecule has 7 N–H and O–H groups in total. The number of aliphatic hydroxyl groups is 5. The summed E-state index contributed by atoms with van der Waals surface area (Å²) in [6.45, 7) is 3.16. The second-order valence-corrected chi connectivity index (χ2v) is 16.5. The van der Waals surface area contributed by atoms with Crippen molar-refractivity contribution in [3.05, 3.63) is 24.3 Å². The van der Waals surface area contributed by atoms with Crippen LogP contribution in [0.2, 0.25) is 0 Å². The van der Waals surface area contributed by atoms with Crippen molar-refractivity contribution < 1.29 is 57.0 Å². The number of rotatable bonds is 36. The molecule has 0 spiro atoms. The van der Waals surface area contributed by atoms with E-state index in [1.165, 1.54) is 109 Å². The second kappa shape index (κ2) is 33.4. The minimum Gasteiger partial charge on any atom is -0.394 e. The first-order valence-corrected chi connectivity index (χ1v) is 23.2. The zero-order valence-electron chi connectivity index (χ0n) is 34.6. The van der Waals surface area contributed by atoms with Gasteiger partial charge in [-0.2, -0.15) is 8.42 Å². The Morgan fingerprint density at radius 2 is 1.20 bits per heavy atom. The van der Waals surface area contributed by atoms with Gasteiger partial charge in [-0.3, -0.25) is 9.35 Å². The third kappa shape index (κ3) is 25.8. The van der Waals surface area contributed by atoms with Crippen LogP contribution < -0.4 is 5.32 Å². The molecule has 8 unspecified atom stereocenters. The van der Waals surface area contributed by atoms with Crippen molar-refractivity contribution in [3.63, 3.8) is 0 Å². The lowest BCUT2D eigenvalue weighted by Gasteiger charge is -2.41. The molecule has 0 radical (unpaired) electrons. The molecule has 1 heterocycles. The highest BCUT2D eigenvalue weighted by molar-refractivity contribution is 7.80. The number of aliphatic hydroxyl groups excluding tert-OH is 5. The van der Waals surface area contributed by atoms with Gasteiger partial charge in [-0.05, 0) is 32.1 Å². The number of carbonyl (C=O) groups is 1. The van der Waals surface area contributed by atoms with E-state index in [1.807, 2.05) is 0 Å². The number of ether oxygens (including phenoxy) is 2. The summed E-state index contributed by atoms with van der Waals surface area (Å²) in [7, 11) is -5.12. The van der Waals surface area contributed by atoms with Crippen LogP contribution in [-0.2, 0) is 28.9 Å². The van der Waals surface area contributed by atoms with Crippen LogP contribution >= 0.6 is 0 Å². The Labute approximate surface area is 338 Å². The van der Waals surface area contributed by atoms with Gasteiger partial charge < -0.3 is 40.3 Å². The molecule has 0 aliphatic carbocycles. The third-order valence-electron chi connectivity index (χ3n) is 10.3. The van der Waals surface area contributed by atoms with E-state index >= 15 is 0 Å². The highest BCUT2D eigenvalue weighted by atomic mass is 32.3. The number of unbranched alkanes of at least 4 members (excludes halogenated alkanes) is 21. The average molecular weight is 822 g/mol. The van der Waals surface area contributed by atoms with Gasteiger partial charge in [0.05, 0.1) is 25.4 Å². The lowest BCUT2D eigenvalue weighted by Crippen LogP contribution is -2.61. The molecule has 1 saturated heterocycles. The highest BCUT2D eigenvalue weighted by Gasteiger charge is 2.48. The first kappa shape index (κ1) is 52.6.